The number of carbonyl (C=O) groups excluding carboxylic acids is 1. The van der Waals surface area contributed by atoms with E-state index in [0.29, 0.717) is 6.54 Å². The van der Waals surface area contributed by atoms with E-state index < -0.39 is 0 Å². The van der Waals surface area contributed by atoms with E-state index in [0.717, 1.165) is 26.9 Å². The van der Waals surface area contributed by atoms with Crippen LogP contribution in [-0.4, -0.2) is 19.1 Å². The van der Waals surface area contributed by atoms with Gasteiger partial charge in [-0.3, -0.25) is 4.79 Å². The van der Waals surface area contributed by atoms with Gasteiger partial charge in [0, 0.05) is 11.0 Å². The van der Waals surface area contributed by atoms with E-state index in [1.165, 1.54) is 0 Å². The molecule has 0 aliphatic carbocycles. The summed E-state index contributed by atoms with van der Waals surface area (Å²) in [6.45, 7) is 8.61. The molecule has 1 rings (SSSR count). The van der Waals surface area contributed by atoms with Gasteiger partial charge in [-0.2, -0.15) is 0 Å². The minimum absolute atomic E-state index is 0.0647. The summed E-state index contributed by atoms with van der Waals surface area (Å²) >= 11 is 3.53. The molecule has 0 saturated carbocycles. The normalized spacial score (nSPS) is 10.2. The van der Waals surface area contributed by atoms with Crippen molar-refractivity contribution in [2.45, 2.75) is 27.7 Å². The fourth-order valence-corrected chi connectivity index (χ4v) is 1.97. The maximum Gasteiger partial charge on any atom is 0.257 e. The summed E-state index contributed by atoms with van der Waals surface area (Å²) in [5, 5.41) is 2.70. The van der Waals surface area contributed by atoms with Crippen LogP contribution in [-0.2, 0) is 4.79 Å². The van der Waals surface area contributed by atoms with Crippen LogP contribution in [0.1, 0.15) is 23.6 Å². The van der Waals surface area contributed by atoms with Gasteiger partial charge in [0.25, 0.3) is 5.91 Å². The number of aryl methyl sites for hydroxylation is 1. The molecule has 1 N–H and O–H groups in total. The zero-order valence-electron chi connectivity index (χ0n) is 10.7. The molecule has 0 aromatic heterocycles. The molecule has 0 atom stereocenters. The lowest BCUT2D eigenvalue weighted by atomic mass is 10.1. The van der Waals surface area contributed by atoms with Crippen molar-refractivity contribution < 1.29 is 9.53 Å². The van der Waals surface area contributed by atoms with Gasteiger partial charge in [-0.15, -0.1) is 0 Å². The molecule has 0 spiro atoms. The van der Waals surface area contributed by atoms with Gasteiger partial charge in [0.05, 0.1) is 0 Å². The lowest BCUT2D eigenvalue weighted by Gasteiger charge is -2.14. The summed E-state index contributed by atoms with van der Waals surface area (Å²) in [5.74, 6) is 0.680. The third kappa shape index (κ3) is 3.46. The molecule has 1 aromatic carbocycles. The number of nitrogens with one attached hydrogen (secondary N) is 1. The highest BCUT2D eigenvalue weighted by atomic mass is 79.9. The Morgan fingerprint density at radius 1 is 1.35 bits per heavy atom. The third-order valence-corrected chi connectivity index (χ3v) is 3.91. The molecule has 17 heavy (non-hydrogen) atoms. The third-order valence-electron chi connectivity index (χ3n) is 2.69. The first-order chi connectivity index (χ1) is 7.97. The molecule has 1 aromatic rings. The van der Waals surface area contributed by atoms with Gasteiger partial charge >= 0.3 is 0 Å². The van der Waals surface area contributed by atoms with Crippen LogP contribution in [0.5, 0.6) is 5.75 Å². The van der Waals surface area contributed by atoms with Gasteiger partial charge < -0.3 is 10.1 Å². The molecular weight excluding hydrogens is 282 g/mol. The van der Waals surface area contributed by atoms with Crippen LogP contribution < -0.4 is 10.1 Å². The summed E-state index contributed by atoms with van der Waals surface area (Å²) in [4.78, 5) is 11.3. The van der Waals surface area contributed by atoms with Crippen molar-refractivity contribution in [3.63, 3.8) is 0 Å². The van der Waals surface area contributed by atoms with Crippen LogP contribution in [0, 0.1) is 20.8 Å². The Morgan fingerprint density at radius 3 is 2.59 bits per heavy atom. The molecule has 0 heterocycles. The van der Waals surface area contributed by atoms with Crippen LogP contribution in [0.4, 0.5) is 0 Å². The summed E-state index contributed by atoms with van der Waals surface area (Å²) in [7, 11) is 0. The lowest BCUT2D eigenvalue weighted by Crippen LogP contribution is -2.28. The number of hydrogen-bond acceptors (Lipinski definition) is 2. The van der Waals surface area contributed by atoms with Gasteiger partial charge in [0.2, 0.25) is 0 Å². The minimum atomic E-state index is -0.0925. The monoisotopic (exact) mass is 299 g/mol. The molecule has 4 heteroatoms. The first-order valence-corrected chi connectivity index (χ1v) is 6.42. The highest BCUT2D eigenvalue weighted by Gasteiger charge is 2.10. The lowest BCUT2D eigenvalue weighted by molar-refractivity contribution is -0.122. The average Bonchev–Trinajstić information content (AvgIpc) is 2.30. The van der Waals surface area contributed by atoms with E-state index >= 15 is 0 Å². The number of hydrogen-bond donors (Lipinski definition) is 1. The first-order valence-electron chi connectivity index (χ1n) is 5.63. The van der Waals surface area contributed by atoms with Crippen molar-refractivity contribution in [2.75, 3.05) is 13.2 Å². The van der Waals surface area contributed by atoms with Crippen LogP contribution in [0.3, 0.4) is 0 Å². The number of rotatable bonds is 4. The van der Waals surface area contributed by atoms with Gasteiger partial charge in [0.1, 0.15) is 5.75 Å². The number of carbonyl (C=O) groups is 1. The summed E-state index contributed by atoms with van der Waals surface area (Å²) < 4.78 is 6.63. The van der Waals surface area contributed by atoms with E-state index in [-0.39, 0.29) is 12.5 Å². The Kier molecular flexibility index (Phi) is 5.00. The number of likely N-dealkylation sites (N-methyl/N-ethyl adjacent to an activating group) is 1. The predicted octanol–water partition coefficient (Wildman–Crippen LogP) is 2.89. The minimum Gasteiger partial charge on any atom is -0.483 e. The average molecular weight is 300 g/mol. The molecule has 94 valence electrons. The molecule has 0 aliphatic rings. The van der Waals surface area contributed by atoms with Crippen molar-refractivity contribution in [1.82, 2.24) is 5.32 Å². The Morgan fingerprint density at radius 2 is 2.00 bits per heavy atom. The summed E-state index contributed by atoms with van der Waals surface area (Å²) in [5.41, 5.74) is 3.32. The van der Waals surface area contributed by atoms with E-state index in [1.54, 1.807) is 0 Å². The highest BCUT2D eigenvalue weighted by Crippen LogP contribution is 2.31. The van der Waals surface area contributed by atoms with E-state index in [9.17, 15) is 4.79 Å². The van der Waals surface area contributed by atoms with E-state index in [2.05, 4.69) is 21.2 Å². The van der Waals surface area contributed by atoms with Gasteiger partial charge in [-0.05, 0) is 50.5 Å². The van der Waals surface area contributed by atoms with Crippen molar-refractivity contribution in [2.24, 2.45) is 0 Å². The van der Waals surface area contributed by atoms with Crippen molar-refractivity contribution in [1.29, 1.82) is 0 Å². The topological polar surface area (TPSA) is 38.3 Å². The zero-order valence-corrected chi connectivity index (χ0v) is 12.3. The van der Waals surface area contributed by atoms with Gasteiger partial charge in [-0.1, -0.05) is 15.9 Å². The molecule has 0 fully saturated rings. The van der Waals surface area contributed by atoms with E-state index in [4.69, 9.17) is 4.74 Å². The number of amides is 1. The molecule has 3 nitrogen and oxygen atoms in total. The van der Waals surface area contributed by atoms with Gasteiger partial charge in [-0.25, -0.2) is 0 Å². The number of halogens is 1. The quantitative estimate of drug-likeness (QED) is 0.928. The van der Waals surface area contributed by atoms with Crippen LogP contribution >= 0.6 is 15.9 Å². The fraction of sp³-hybridized carbons (Fsp3) is 0.462. The van der Waals surface area contributed by atoms with Crippen molar-refractivity contribution in [3.8, 4) is 5.75 Å². The Labute approximate surface area is 111 Å². The molecule has 0 saturated heterocycles. The first kappa shape index (κ1) is 14.0. The van der Waals surface area contributed by atoms with Crippen LogP contribution in [0.25, 0.3) is 0 Å². The second-order valence-corrected chi connectivity index (χ2v) is 4.79. The highest BCUT2D eigenvalue weighted by molar-refractivity contribution is 9.10. The van der Waals surface area contributed by atoms with Crippen LogP contribution in [0.15, 0.2) is 10.5 Å². The largest absolute Gasteiger partial charge is 0.483 e. The molecular formula is C13H18BrNO2. The molecule has 0 radical (unpaired) electrons. The smallest absolute Gasteiger partial charge is 0.257 e. The Bertz CT molecular complexity index is 430. The SMILES string of the molecule is CCNC(=O)COc1cc(C)c(Br)c(C)c1C. The molecule has 0 bridgehead atoms. The van der Waals surface area contributed by atoms with Crippen molar-refractivity contribution in [3.05, 3.63) is 27.2 Å². The standard InChI is InChI=1S/C13H18BrNO2/c1-5-15-12(16)7-17-11-6-8(2)13(14)10(4)9(11)3/h6H,5,7H2,1-4H3,(H,15,16). The fourth-order valence-electron chi connectivity index (χ4n) is 1.55. The second-order valence-electron chi connectivity index (χ2n) is 4.00. The summed E-state index contributed by atoms with van der Waals surface area (Å²) in [6, 6.07) is 1.95. The predicted molar refractivity (Wildman–Crippen MR) is 72.5 cm³/mol. The number of benzene rings is 1. The Hall–Kier alpha value is -1.03. The van der Waals surface area contributed by atoms with Gasteiger partial charge in [0.15, 0.2) is 6.61 Å². The molecule has 0 unspecified atom stereocenters. The van der Waals surface area contributed by atoms with Crippen LogP contribution in [0.2, 0.25) is 0 Å². The molecule has 0 aliphatic heterocycles. The summed E-state index contributed by atoms with van der Waals surface area (Å²) in [6.07, 6.45) is 0. The number of ether oxygens (including phenoxy) is 1. The maximum absolute atomic E-state index is 11.3. The molecule has 1 amide bonds. The zero-order chi connectivity index (χ0) is 13.0. The maximum atomic E-state index is 11.3. The van der Waals surface area contributed by atoms with E-state index in [1.807, 2.05) is 33.8 Å². The Balaban J connectivity index is 2.82. The second kappa shape index (κ2) is 6.05. The van der Waals surface area contributed by atoms with Crippen molar-refractivity contribution >= 4 is 21.8 Å².